The van der Waals surface area contributed by atoms with E-state index in [1.54, 1.807) is 18.2 Å². The molecule has 1 N–H and O–H groups in total. The van der Waals surface area contributed by atoms with Gasteiger partial charge in [-0.15, -0.1) is 11.3 Å². The summed E-state index contributed by atoms with van der Waals surface area (Å²) in [5.74, 6) is -0.0971. The van der Waals surface area contributed by atoms with Crippen LogP contribution in [0.1, 0.15) is 16.1 Å². The first-order chi connectivity index (χ1) is 11.5. The molecule has 0 aliphatic heterocycles. The van der Waals surface area contributed by atoms with Crippen LogP contribution in [0.5, 0.6) is 11.5 Å². The summed E-state index contributed by atoms with van der Waals surface area (Å²) in [5.41, 5.74) is 0. The zero-order chi connectivity index (χ0) is 17.5. The molecule has 0 aliphatic carbocycles. The Balaban J connectivity index is 1.74. The van der Waals surface area contributed by atoms with Gasteiger partial charge in [0.1, 0.15) is 16.4 Å². The van der Waals surface area contributed by atoms with Crippen molar-refractivity contribution >= 4 is 40.4 Å². The third kappa shape index (κ3) is 5.51. The van der Waals surface area contributed by atoms with Gasteiger partial charge in [-0.2, -0.15) is 8.78 Å². The maximum atomic E-state index is 12.2. The summed E-state index contributed by atoms with van der Waals surface area (Å²) in [5, 5.41) is 5.05. The zero-order valence-corrected chi connectivity index (χ0v) is 14.6. The molecule has 0 aliphatic rings. The second-order valence-electron chi connectivity index (χ2n) is 4.53. The van der Waals surface area contributed by atoms with Crippen LogP contribution in [-0.2, 0) is 0 Å². The van der Waals surface area contributed by atoms with Gasteiger partial charge in [0.25, 0.3) is 5.91 Å². The number of hydrogen-bond donors (Lipinski definition) is 1. The first kappa shape index (κ1) is 18.8. The Bertz CT molecular complexity index is 697. The summed E-state index contributed by atoms with van der Waals surface area (Å²) < 4.78 is 34.2. The van der Waals surface area contributed by atoms with Crippen molar-refractivity contribution < 1.29 is 23.0 Å². The van der Waals surface area contributed by atoms with Crippen LogP contribution in [0.4, 0.5) is 8.78 Å². The first-order valence-corrected chi connectivity index (χ1v) is 8.49. The van der Waals surface area contributed by atoms with Gasteiger partial charge in [0.05, 0.1) is 11.6 Å². The Morgan fingerprint density at radius 2 is 2.04 bits per heavy atom. The molecule has 0 bridgehead atoms. The summed E-state index contributed by atoms with van der Waals surface area (Å²) in [6.07, 6.45) is 0.515. The second kappa shape index (κ2) is 9.05. The van der Waals surface area contributed by atoms with Crippen molar-refractivity contribution in [3.63, 3.8) is 0 Å². The first-order valence-electron chi connectivity index (χ1n) is 6.85. The normalized spacial score (nSPS) is 10.7. The van der Waals surface area contributed by atoms with Crippen LogP contribution in [0.25, 0.3) is 0 Å². The summed E-state index contributed by atoms with van der Waals surface area (Å²) in [4.78, 5) is 12.0. The molecule has 1 aromatic heterocycles. The van der Waals surface area contributed by atoms with Gasteiger partial charge >= 0.3 is 6.61 Å². The molecule has 0 fully saturated rings. The summed E-state index contributed by atoms with van der Waals surface area (Å²) in [7, 11) is 0. The maximum Gasteiger partial charge on any atom is 0.387 e. The van der Waals surface area contributed by atoms with E-state index in [0.717, 1.165) is 11.3 Å². The number of halogens is 4. The predicted molar refractivity (Wildman–Crippen MR) is 89.9 cm³/mol. The van der Waals surface area contributed by atoms with E-state index in [2.05, 4.69) is 10.1 Å². The lowest BCUT2D eigenvalue weighted by Gasteiger charge is -2.09. The molecule has 0 unspecified atom stereocenters. The molecule has 2 aromatic rings. The van der Waals surface area contributed by atoms with E-state index in [-0.39, 0.29) is 10.6 Å². The summed E-state index contributed by atoms with van der Waals surface area (Å²) >= 11 is 12.8. The zero-order valence-electron chi connectivity index (χ0n) is 12.2. The average Bonchev–Trinajstić information content (AvgIpc) is 2.96. The van der Waals surface area contributed by atoms with Gasteiger partial charge in [-0.05, 0) is 36.1 Å². The van der Waals surface area contributed by atoms with Crippen molar-refractivity contribution in [3.05, 3.63) is 44.6 Å². The van der Waals surface area contributed by atoms with Crippen LogP contribution < -0.4 is 14.8 Å². The number of thiophene rings is 1. The highest BCUT2D eigenvalue weighted by molar-refractivity contribution is 7.12. The van der Waals surface area contributed by atoms with Crippen molar-refractivity contribution in [1.29, 1.82) is 0 Å². The molecule has 2 rings (SSSR count). The van der Waals surface area contributed by atoms with Gasteiger partial charge in [-0.1, -0.05) is 23.2 Å². The van der Waals surface area contributed by atoms with Gasteiger partial charge in [-0.3, -0.25) is 4.79 Å². The lowest BCUT2D eigenvalue weighted by molar-refractivity contribution is -0.0498. The summed E-state index contributed by atoms with van der Waals surface area (Å²) in [6.45, 7) is -2.33. The van der Waals surface area contributed by atoms with Crippen molar-refractivity contribution in [2.45, 2.75) is 13.0 Å². The molecule has 1 aromatic carbocycles. The maximum absolute atomic E-state index is 12.2. The number of carbonyl (C=O) groups is 1. The topological polar surface area (TPSA) is 47.6 Å². The van der Waals surface area contributed by atoms with E-state index in [0.29, 0.717) is 35.4 Å². The number of alkyl halides is 2. The molecule has 1 heterocycles. The molecule has 1 amide bonds. The van der Waals surface area contributed by atoms with Gasteiger partial charge in [0.15, 0.2) is 0 Å². The fourth-order valence-electron chi connectivity index (χ4n) is 1.78. The highest BCUT2D eigenvalue weighted by Crippen LogP contribution is 2.28. The van der Waals surface area contributed by atoms with E-state index < -0.39 is 12.5 Å². The third-order valence-electron chi connectivity index (χ3n) is 2.81. The van der Waals surface area contributed by atoms with Gasteiger partial charge in [0, 0.05) is 11.6 Å². The van der Waals surface area contributed by atoms with Crippen LogP contribution in [0, 0.1) is 0 Å². The van der Waals surface area contributed by atoms with Crippen LogP contribution in [0.3, 0.4) is 0 Å². The number of nitrogens with one attached hydrogen (secondary N) is 1. The van der Waals surface area contributed by atoms with Gasteiger partial charge < -0.3 is 14.8 Å². The second-order valence-corrected chi connectivity index (χ2v) is 6.28. The fourth-order valence-corrected chi connectivity index (χ4v) is 2.98. The summed E-state index contributed by atoms with van der Waals surface area (Å²) in [6, 6.07) is 6.22. The van der Waals surface area contributed by atoms with Crippen molar-refractivity contribution in [2.75, 3.05) is 13.2 Å². The number of carbonyl (C=O) groups excluding carboxylic acids is 1. The molecule has 4 nitrogen and oxygen atoms in total. The van der Waals surface area contributed by atoms with Crippen LogP contribution >= 0.6 is 34.5 Å². The Labute approximate surface area is 151 Å². The third-order valence-corrected chi connectivity index (χ3v) is 4.23. The monoisotopic (exact) mass is 395 g/mol. The lowest BCUT2D eigenvalue weighted by atomic mass is 10.3. The minimum Gasteiger partial charge on any atom is -0.492 e. The van der Waals surface area contributed by atoms with E-state index >= 15 is 0 Å². The average molecular weight is 396 g/mol. The lowest BCUT2D eigenvalue weighted by Crippen LogP contribution is -2.25. The molecule has 0 saturated carbocycles. The van der Waals surface area contributed by atoms with Crippen LogP contribution in [-0.4, -0.2) is 25.7 Å². The largest absolute Gasteiger partial charge is 0.492 e. The van der Waals surface area contributed by atoms with Crippen LogP contribution in [0.2, 0.25) is 10.0 Å². The smallest absolute Gasteiger partial charge is 0.387 e. The van der Waals surface area contributed by atoms with Crippen molar-refractivity contribution in [3.8, 4) is 11.5 Å². The van der Waals surface area contributed by atoms with Crippen LogP contribution in [0.15, 0.2) is 29.6 Å². The van der Waals surface area contributed by atoms with E-state index in [4.69, 9.17) is 27.9 Å². The Hall–Kier alpha value is -1.57. The Morgan fingerprint density at radius 1 is 1.25 bits per heavy atom. The van der Waals surface area contributed by atoms with Gasteiger partial charge in [0.2, 0.25) is 0 Å². The van der Waals surface area contributed by atoms with E-state index in [1.807, 2.05) is 0 Å². The molecule has 9 heteroatoms. The predicted octanol–water partition coefficient (Wildman–Crippen LogP) is 4.86. The number of ether oxygens (including phenoxy) is 2. The highest BCUT2D eigenvalue weighted by atomic mass is 35.5. The number of benzene rings is 1. The number of amides is 1. The van der Waals surface area contributed by atoms with E-state index in [1.165, 1.54) is 11.4 Å². The Kier molecular flexibility index (Phi) is 7.08. The molecule has 0 saturated heterocycles. The molecule has 0 atom stereocenters. The standard InChI is InChI=1S/C15H13Cl2F2NO3S/c16-9-2-3-11(10(17)8-9)22-6-1-5-20-14(21)13-12(4-7-24-13)23-15(18)19/h2-4,7-8,15H,1,5-6H2,(H,20,21). The quantitative estimate of drug-likeness (QED) is 0.649. The molecular formula is C15H13Cl2F2NO3S. The molecule has 0 radical (unpaired) electrons. The fraction of sp³-hybridized carbons (Fsp3) is 0.267. The molecular weight excluding hydrogens is 383 g/mol. The molecule has 24 heavy (non-hydrogen) atoms. The van der Waals surface area contributed by atoms with E-state index in [9.17, 15) is 13.6 Å². The number of hydrogen-bond acceptors (Lipinski definition) is 4. The highest BCUT2D eigenvalue weighted by Gasteiger charge is 2.17. The molecule has 0 spiro atoms. The van der Waals surface area contributed by atoms with Crippen molar-refractivity contribution in [1.82, 2.24) is 5.32 Å². The van der Waals surface area contributed by atoms with Crippen molar-refractivity contribution in [2.24, 2.45) is 0 Å². The Morgan fingerprint density at radius 3 is 2.75 bits per heavy atom. The minimum atomic E-state index is -2.97. The molecule has 130 valence electrons. The number of rotatable bonds is 8. The van der Waals surface area contributed by atoms with Gasteiger partial charge in [-0.25, -0.2) is 0 Å². The SMILES string of the molecule is O=C(NCCCOc1ccc(Cl)cc1Cl)c1sccc1OC(F)F. The minimum absolute atomic E-state index is 0.108.